The van der Waals surface area contributed by atoms with Crippen molar-refractivity contribution in [3.8, 4) is 11.8 Å². The first-order valence-electron chi connectivity index (χ1n) is 12.5. The van der Waals surface area contributed by atoms with Gasteiger partial charge in [-0.15, -0.1) is 0 Å². The Balaban J connectivity index is 1.36. The van der Waals surface area contributed by atoms with Crippen LogP contribution in [0.4, 0.5) is 18.9 Å². The lowest BCUT2D eigenvalue weighted by molar-refractivity contribution is -0.138. The van der Waals surface area contributed by atoms with E-state index in [4.69, 9.17) is 0 Å². The summed E-state index contributed by atoms with van der Waals surface area (Å²) in [5.74, 6) is 6.16. The van der Waals surface area contributed by atoms with E-state index in [1.165, 1.54) is 12.1 Å². The van der Waals surface area contributed by atoms with Crippen molar-refractivity contribution >= 4 is 17.2 Å². The highest BCUT2D eigenvalue weighted by molar-refractivity contribution is 6.04. The summed E-state index contributed by atoms with van der Waals surface area (Å²) in [6, 6.07) is 14.7. The van der Waals surface area contributed by atoms with Crippen molar-refractivity contribution < 1.29 is 18.0 Å². The molecule has 2 aromatic carbocycles. The first-order valence-corrected chi connectivity index (χ1v) is 12.5. The third-order valence-electron chi connectivity index (χ3n) is 6.82. The number of nitrogens with zero attached hydrogens (tertiary/aromatic N) is 3. The van der Waals surface area contributed by atoms with Crippen molar-refractivity contribution in [3.63, 3.8) is 0 Å². The second kappa shape index (κ2) is 10.3. The van der Waals surface area contributed by atoms with Crippen LogP contribution in [0, 0.1) is 24.7 Å². The molecule has 1 atom stereocenters. The van der Waals surface area contributed by atoms with E-state index in [0.29, 0.717) is 22.7 Å². The molecule has 5 nitrogen and oxygen atoms in total. The quantitative estimate of drug-likeness (QED) is 0.331. The van der Waals surface area contributed by atoms with Crippen molar-refractivity contribution in [2.24, 2.45) is 5.92 Å². The van der Waals surface area contributed by atoms with E-state index in [-0.39, 0.29) is 17.8 Å². The molecule has 1 N–H and O–H groups in total. The Labute approximate surface area is 219 Å². The lowest BCUT2D eigenvalue weighted by Gasteiger charge is -2.20. The molecule has 4 aromatic rings. The Bertz CT molecular complexity index is 1560. The summed E-state index contributed by atoms with van der Waals surface area (Å²) in [5, 5.41) is 2.62. The number of halogens is 3. The predicted molar refractivity (Wildman–Crippen MR) is 141 cm³/mol. The molecule has 2 aromatic heterocycles. The lowest BCUT2D eigenvalue weighted by atomic mass is 10.0. The van der Waals surface area contributed by atoms with Crippen molar-refractivity contribution in [2.75, 3.05) is 18.4 Å². The Morgan fingerprint density at radius 1 is 1.13 bits per heavy atom. The monoisotopic (exact) mass is 516 g/mol. The molecule has 1 amide bonds. The van der Waals surface area contributed by atoms with Gasteiger partial charge in [0.2, 0.25) is 0 Å². The Kier molecular flexibility index (Phi) is 6.96. The molecule has 1 fully saturated rings. The molecule has 1 aliphatic heterocycles. The van der Waals surface area contributed by atoms with Gasteiger partial charge in [0.05, 0.1) is 11.8 Å². The van der Waals surface area contributed by atoms with Gasteiger partial charge in [-0.25, -0.2) is 4.98 Å². The van der Waals surface area contributed by atoms with E-state index < -0.39 is 17.6 Å². The average Bonchev–Trinajstić information content (AvgIpc) is 3.49. The lowest BCUT2D eigenvalue weighted by Crippen LogP contribution is -2.22. The normalized spacial score (nSPS) is 15.9. The number of aryl methyl sites for hydroxylation is 1. The SMILES string of the molecule is Cc1ccc(C(=O)Nc2ccc(CN3CC[C@@H](C)C3)c(C(F)(F)F)c2)cc1C#Cc1cnc2ccccn12. The number of imidazole rings is 1. The number of aromatic nitrogens is 2. The molecular weight excluding hydrogens is 489 g/mol. The molecule has 0 unspecified atom stereocenters. The third-order valence-corrected chi connectivity index (χ3v) is 6.82. The summed E-state index contributed by atoms with van der Waals surface area (Å²) in [6.07, 6.45) is 0.0129. The Morgan fingerprint density at radius 2 is 1.97 bits per heavy atom. The molecular formula is C30H27F3N4O. The fourth-order valence-electron chi connectivity index (χ4n) is 4.72. The number of fused-ring (bicyclic) bond motifs is 1. The zero-order chi connectivity index (χ0) is 26.9. The van der Waals surface area contributed by atoms with E-state index in [2.05, 4.69) is 29.1 Å². The number of hydrogen-bond acceptors (Lipinski definition) is 3. The van der Waals surface area contributed by atoms with Gasteiger partial charge < -0.3 is 5.32 Å². The molecule has 0 aliphatic carbocycles. The van der Waals surface area contributed by atoms with Crippen LogP contribution < -0.4 is 5.32 Å². The van der Waals surface area contributed by atoms with Gasteiger partial charge >= 0.3 is 6.18 Å². The van der Waals surface area contributed by atoms with Crippen molar-refractivity contribution in [3.05, 3.63) is 101 Å². The standard InChI is InChI=1S/C30H27F3N4O/c1-20-12-14-36(18-20)19-24-8-10-25(16-27(24)30(31,32)33)35-29(38)23-7-6-21(2)22(15-23)9-11-26-17-34-28-5-3-4-13-37(26)28/h3-8,10,13,15-17,20H,12,14,18-19H2,1-2H3,(H,35,38)/t20-/m1/s1. The summed E-state index contributed by atoms with van der Waals surface area (Å²) in [4.78, 5) is 19.3. The number of carbonyl (C=O) groups is 1. The maximum Gasteiger partial charge on any atom is 0.416 e. The highest BCUT2D eigenvalue weighted by Gasteiger charge is 2.34. The van der Waals surface area contributed by atoms with Crippen LogP contribution in [0.15, 0.2) is 67.0 Å². The third kappa shape index (κ3) is 5.58. The van der Waals surface area contributed by atoms with Gasteiger partial charge in [0.1, 0.15) is 11.3 Å². The van der Waals surface area contributed by atoms with E-state index in [1.807, 2.05) is 40.6 Å². The molecule has 1 saturated heterocycles. The van der Waals surface area contributed by atoms with Gasteiger partial charge in [0, 0.05) is 36.1 Å². The maximum absolute atomic E-state index is 13.9. The molecule has 0 radical (unpaired) electrons. The minimum absolute atomic E-state index is 0.0970. The van der Waals surface area contributed by atoms with Crippen LogP contribution in [0.25, 0.3) is 5.65 Å². The number of hydrogen-bond donors (Lipinski definition) is 1. The number of nitrogens with one attached hydrogen (secondary N) is 1. The van der Waals surface area contributed by atoms with Gasteiger partial charge in [0.15, 0.2) is 0 Å². The average molecular weight is 517 g/mol. The first kappa shape index (κ1) is 25.6. The summed E-state index contributed by atoms with van der Waals surface area (Å²) >= 11 is 0. The number of rotatable bonds is 4. The van der Waals surface area contributed by atoms with Crippen LogP contribution in [0.3, 0.4) is 0 Å². The van der Waals surface area contributed by atoms with Crippen molar-refractivity contribution in [1.29, 1.82) is 0 Å². The van der Waals surface area contributed by atoms with E-state index in [1.54, 1.807) is 24.4 Å². The molecule has 1 aliphatic rings. The van der Waals surface area contributed by atoms with Gasteiger partial charge in [-0.05, 0) is 79.3 Å². The van der Waals surface area contributed by atoms with E-state index in [0.717, 1.165) is 36.8 Å². The largest absolute Gasteiger partial charge is 0.416 e. The number of alkyl halides is 3. The van der Waals surface area contributed by atoms with Crippen LogP contribution in [-0.4, -0.2) is 33.3 Å². The number of anilines is 1. The van der Waals surface area contributed by atoms with E-state index in [9.17, 15) is 18.0 Å². The molecule has 38 heavy (non-hydrogen) atoms. The second-order valence-electron chi connectivity index (χ2n) is 9.80. The number of benzene rings is 2. The van der Waals surface area contributed by atoms with Gasteiger partial charge in [-0.2, -0.15) is 13.2 Å². The second-order valence-corrected chi connectivity index (χ2v) is 9.80. The molecule has 5 rings (SSSR count). The molecule has 194 valence electrons. The van der Waals surface area contributed by atoms with Gasteiger partial charge in [-0.1, -0.05) is 31.0 Å². The van der Waals surface area contributed by atoms with Crippen molar-refractivity contribution in [2.45, 2.75) is 33.0 Å². The minimum Gasteiger partial charge on any atom is -0.322 e. The number of amides is 1. The molecule has 0 saturated carbocycles. The summed E-state index contributed by atoms with van der Waals surface area (Å²) < 4.78 is 43.5. The Hall–Kier alpha value is -4.09. The van der Waals surface area contributed by atoms with Gasteiger partial charge in [0.25, 0.3) is 5.91 Å². The molecule has 8 heteroatoms. The molecule has 0 bridgehead atoms. The maximum atomic E-state index is 13.9. The number of likely N-dealkylation sites (tertiary alicyclic amines) is 1. The number of pyridine rings is 1. The van der Waals surface area contributed by atoms with Crippen molar-refractivity contribution in [1.82, 2.24) is 14.3 Å². The molecule has 3 heterocycles. The summed E-state index contributed by atoms with van der Waals surface area (Å²) in [5.41, 5.74) is 2.90. The molecule has 0 spiro atoms. The van der Waals surface area contributed by atoms with Gasteiger partial charge in [-0.3, -0.25) is 14.1 Å². The minimum atomic E-state index is -4.52. The smallest absolute Gasteiger partial charge is 0.322 e. The van der Waals surface area contributed by atoms with Crippen LogP contribution in [-0.2, 0) is 12.7 Å². The zero-order valence-corrected chi connectivity index (χ0v) is 21.1. The topological polar surface area (TPSA) is 49.6 Å². The Morgan fingerprint density at radius 3 is 2.74 bits per heavy atom. The first-order chi connectivity index (χ1) is 18.2. The highest BCUT2D eigenvalue weighted by atomic mass is 19.4. The fourth-order valence-corrected chi connectivity index (χ4v) is 4.72. The van der Waals surface area contributed by atoms with Crippen LogP contribution in [0.2, 0.25) is 0 Å². The predicted octanol–water partition coefficient (Wildman–Crippen LogP) is 6.16. The van der Waals surface area contributed by atoms with Crippen LogP contribution in [0.1, 0.15) is 51.7 Å². The summed E-state index contributed by atoms with van der Waals surface area (Å²) in [7, 11) is 0. The fraction of sp³-hybridized carbons (Fsp3) is 0.267. The number of carbonyl (C=O) groups excluding carboxylic acids is 1. The van der Waals surface area contributed by atoms with Crippen LogP contribution in [0.5, 0.6) is 0 Å². The van der Waals surface area contributed by atoms with E-state index >= 15 is 0 Å². The summed E-state index contributed by atoms with van der Waals surface area (Å²) in [6.45, 7) is 5.79. The zero-order valence-electron chi connectivity index (χ0n) is 21.1. The van der Waals surface area contributed by atoms with Crippen LogP contribution >= 0.6 is 0 Å². The highest BCUT2D eigenvalue weighted by Crippen LogP contribution is 2.35.